The Kier molecular flexibility index (Phi) is 6.84. The number of fused-ring (bicyclic) bond motifs is 1. The van der Waals surface area contributed by atoms with Crippen LogP contribution in [0.2, 0.25) is 0 Å². The lowest BCUT2D eigenvalue weighted by atomic mass is 10.2. The van der Waals surface area contributed by atoms with Gasteiger partial charge in [0.25, 0.3) is 5.91 Å². The van der Waals surface area contributed by atoms with Crippen LogP contribution in [0.5, 0.6) is 5.75 Å². The monoisotopic (exact) mass is 422 g/mol. The fraction of sp³-hybridized carbons (Fsp3) is 0.417. The summed E-state index contributed by atoms with van der Waals surface area (Å²) in [4.78, 5) is 19.7. The van der Waals surface area contributed by atoms with Gasteiger partial charge in [0.1, 0.15) is 11.4 Å². The number of nitrogens with zero attached hydrogens (tertiary/aromatic N) is 3. The predicted octanol–water partition coefficient (Wildman–Crippen LogP) is 3.69. The maximum atomic E-state index is 12.8. The fourth-order valence-electron chi connectivity index (χ4n) is 3.86. The second kappa shape index (κ2) is 9.94. The molecule has 3 heterocycles. The molecule has 7 nitrogen and oxygen atoms in total. The molecule has 2 aromatic heterocycles. The summed E-state index contributed by atoms with van der Waals surface area (Å²) in [5.41, 5.74) is 3.91. The van der Waals surface area contributed by atoms with Crippen molar-refractivity contribution in [2.75, 3.05) is 44.8 Å². The van der Waals surface area contributed by atoms with Gasteiger partial charge in [-0.3, -0.25) is 9.69 Å². The number of amides is 1. The summed E-state index contributed by atoms with van der Waals surface area (Å²) in [6, 6.07) is 11.3. The van der Waals surface area contributed by atoms with E-state index in [4.69, 9.17) is 9.47 Å². The molecule has 1 aliphatic rings. The topological polar surface area (TPSA) is 68.1 Å². The quantitative estimate of drug-likeness (QED) is 0.561. The van der Waals surface area contributed by atoms with Crippen molar-refractivity contribution in [1.82, 2.24) is 14.3 Å². The Labute approximate surface area is 183 Å². The van der Waals surface area contributed by atoms with Crippen molar-refractivity contribution in [2.24, 2.45) is 0 Å². The number of aromatic nitrogens is 2. The summed E-state index contributed by atoms with van der Waals surface area (Å²) in [6.45, 7) is 9.47. The smallest absolute Gasteiger partial charge is 0.259 e. The number of carbonyl (C=O) groups is 1. The van der Waals surface area contributed by atoms with Crippen molar-refractivity contribution in [1.29, 1.82) is 0 Å². The number of ether oxygens (including phenoxy) is 2. The molecule has 0 saturated carbocycles. The number of rotatable bonds is 8. The molecule has 31 heavy (non-hydrogen) atoms. The van der Waals surface area contributed by atoms with E-state index < -0.39 is 0 Å². The van der Waals surface area contributed by atoms with Gasteiger partial charge in [-0.2, -0.15) is 0 Å². The maximum Gasteiger partial charge on any atom is 0.259 e. The van der Waals surface area contributed by atoms with Gasteiger partial charge in [-0.1, -0.05) is 0 Å². The van der Waals surface area contributed by atoms with E-state index in [1.807, 2.05) is 54.8 Å². The minimum Gasteiger partial charge on any atom is -0.494 e. The zero-order valence-corrected chi connectivity index (χ0v) is 18.3. The number of carbonyl (C=O) groups excluding carboxylic acids is 1. The van der Waals surface area contributed by atoms with Crippen LogP contribution in [0.1, 0.15) is 34.6 Å². The molecule has 0 spiro atoms. The summed E-state index contributed by atoms with van der Waals surface area (Å²) in [7, 11) is 0. The SMILES string of the molecule is Cc1cc(C)n2ccc(C(=O)Nc3ccc(OCCCCN4CCOCC4)cc3)c2n1. The summed E-state index contributed by atoms with van der Waals surface area (Å²) in [5.74, 6) is 0.642. The van der Waals surface area contributed by atoms with Gasteiger partial charge in [0.05, 0.1) is 25.4 Å². The van der Waals surface area contributed by atoms with Crippen LogP contribution >= 0.6 is 0 Å². The molecule has 0 radical (unpaired) electrons. The number of hydrogen-bond acceptors (Lipinski definition) is 5. The van der Waals surface area contributed by atoms with E-state index in [9.17, 15) is 4.79 Å². The normalized spacial score (nSPS) is 14.6. The minimum atomic E-state index is -0.170. The van der Waals surface area contributed by atoms with Crippen LogP contribution in [0.3, 0.4) is 0 Å². The molecule has 1 N–H and O–H groups in total. The molecule has 1 aliphatic heterocycles. The van der Waals surface area contributed by atoms with Gasteiger partial charge >= 0.3 is 0 Å². The van der Waals surface area contributed by atoms with Crippen LogP contribution in [0.4, 0.5) is 5.69 Å². The van der Waals surface area contributed by atoms with Crippen LogP contribution in [0.15, 0.2) is 42.6 Å². The molecule has 1 fully saturated rings. The lowest BCUT2D eigenvalue weighted by Gasteiger charge is -2.26. The van der Waals surface area contributed by atoms with Gasteiger partial charge in [-0.05, 0) is 69.6 Å². The zero-order chi connectivity index (χ0) is 21.6. The molecule has 7 heteroatoms. The lowest BCUT2D eigenvalue weighted by Crippen LogP contribution is -2.36. The predicted molar refractivity (Wildman–Crippen MR) is 121 cm³/mol. The van der Waals surface area contributed by atoms with Crippen molar-refractivity contribution in [3.63, 3.8) is 0 Å². The van der Waals surface area contributed by atoms with E-state index in [1.54, 1.807) is 6.07 Å². The van der Waals surface area contributed by atoms with Crippen molar-refractivity contribution < 1.29 is 14.3 Å². The first-order valence-corrected chi connectivity index (χ1v) is 10.9. The third-order valence-corrected chi connectivity index (χ3v) is 5.54. The molecule has 4 rings (SSSR count). The molecular formula is C24H30N4O3. The highest BCUT2D eigenvalue weighted by molar-refractivity contribution is 6.08. The Bertz CT molecular complexity index is 1020. The Morgan fingerprint density at radius 3 is 2.68 bits per heavy atom. The molecule has 164 valence electrons. The Balaban J connectivity index is 1.26. The third-order valence-electron chi connectivity index (χ3n) is 5.54. The Morgan fingerprint density at radius 1 is 1.13 bits per heavy atom. The van der Waals surface area contributed by atoms with E-state index >= 15 is 0 Å². The van der Waals surface area contributed by atoms with Gasteiger partial charge in [-0.15, -0.1) is 0 Å². The van der Waals surface area contributed by atoms with Crippen LogP contribution in [0, 0.1) is 13.8 Å². The lowest BCUT2D eigenvalue weighted by molar-refractivity contribution is 0.0368. The number of aryl methyl sites for hydroxylation is 2. The number of nitrogens with one attached hydrogen (secondary N) is 1. The van der Waals surface area contributed by atoms with E-state index in [-0.39, 0.29) is 5.91 Å². The van der Waals surface area contributed by atoms with Gasteiger partial charge in [0.2, 0.25) is 0 Å². The van der Waals surface area contributed by atoms with Crippen molar-refractivity contribution >= 4 is 17.2 Å². The van der Waals surface area contributed by atoms with Gasteiger partial charge < -0.3 is 19.2 Å². The molecule has 1 saturated heterocycles. The fourth-order valence-corrected chi connectivity index (χ4v) is 3.86. The zero-order valence-electron chi connectivity index (χ0n) is 18.3. The number of morpholine rings is 1. The molecule has 0 atom stereocenters. The van der Waals surface area contributed by atoms with Crippen molar-refractivity contribution in [3.8, 4) is 5.75 Å². The van der Waals surface area contributed by atoms with E-state index in [0.717, 1.165) is 68.5 Å². The highest BCUT2D eigenvalue weighted by atomic mass is 16.5. The first kappa shape index (κ1) is 21.3. The van der Waals surface area contributed by atoms with Gasteiger partial charge in [0, 0.05) is 36.4 Å². The number of hydrogen-bond donors (Lipinski definition) is 1. The first-order chi connectivity index (χ1) is 15.1. The summed E-state index contributed by atoms with van der Waals surface area (Å²) in [6.07, 6.45) is 4.01. The van der Waals surface area contributed by atoms with Crippen molar-refractivity contribution in [3.05, 3.63) is 59.5 Å². The van der Waals surface area contributed by atoms with Crippen LogP contribution < -0.4 is 10.1 Å². The summed E-state index contributed by atoms with van der Waals surface area (Å²) in [5, 5.41) is 2.95. The molecule has 0 aliphatic carbocycles. The number of unbranched alkanes of at least 4 members (excludes halogenated alkanes) is 1. The van der Waals surface area contributed by atoms with Gasteiger partial charge in [-0.25, -0.2) is 4.98 Å². The molecule has 1 amide bonds. The van der Waals surface area contributed by atoms with Crippen LogP contribution in [-0.4, -0.2) is 59.6 Å². The first-order valence-electron chi connectivity index (χ1n) is 10.9. The van der Waals surface area contributed by atoms with E-state index in [0.29, 0.717) is 17.8 Å². The molecule has 3 aromatic rings. The second-order valence-corrected chi connectivity index (χ2v) is 7.95. The largest absolute Gasteiger partial charge is 0.494 e. The van der Waals surface area contributed by atoms with E-state index in [2.05, 4.69) is 15.2 Å². The highest BCUT2D eigenvalue weighted by Crippen LogP contribution is 2.19. The Morgan fingerprint density at radius 2 is 1.90 bits per heavy atom. The summed E-state index contributed by atoms with van der Waals surface area (Å²) < 4.78 is 13.1. The van der Waals surface area contributed by atoms with E-state index in [1.165, 1.54) is 0 Å². The van der Waals surface area contributed by atoms with Crippen molar-refractivity contribution in [2.45, 2.75) is 26.7 Å². The molecule has 0 unspecified atom stereocenters. The standard InChI is InChI=1S/C24H30N4O3/c1-18-17-19(2)28-11-9-22(23(28)25-18)24(29)26-20-5-7-21(8-6-20)31-14-4-3-10-27-12-15-30-16-13-27/h5-9,11,17H,3-4,10,12-16H2,1-2H3,(H,26,29). The second-order valence-electron chi connectivity index (χ2n) is 7.95. The molecule has 1 aromatic carbocycles. The maximum absolute atomic E-state index is 12.8. The van der Waals surface area contributed by atoms with Crippen LogP contribution in [0.25, 0.3) is 5.65 Å². The summed E-state index contributed by atoms with van der Waals surface area (Å²) >= 11 is 0. The number of benzene rings is 1. The Hall–Kier alpha value is -2.90. The average molecular weight is 423 g/mol. The van der Waals surface area contributed by atoms with Gasteiger partial charge in [0.15, 0.2) is 0 Å². The highest BCUT2D eigenvalue weighted by Gasteiger charge is 2.14. The number of anilines is 1. The minimum absolute atomic E-state index is 0.170. The molecule has 0 bridgehead atoms. The van der Waals surface area contributed by atoms with Crippen LogP contribution in [-0.2, 0) is 4.74 Å². The molecular weight excluding hydrogens is 392 g/mol. The average Bonchev–Trinajstić information content (AvgIpc) is 3.20. The third kappa shape index (κ3) is 5.42.